The molecular formula is C39H51N3O18. The molecule has 2 N–H and O–H groups in total. The van der Waals surface area contributed by atoms with Crippen molar-refractivity contribution in [2.24, 2.45) is 17.8 Å². The smallest absolute Gasteiger partial charge is 0.336 e. The highest BCUT2D eigenvalue weighted by Gasteiger charge is 2.60. The second kappa shape index (κ2) is 15.6. The van der Waals surface area contributed by atoms with E-state index in [-0.39, 0.29) is 30.9 Å². The monoisotopic (exact) mass is 849 g/mol. The van der Waals surface area contributed by atoms with E-state index in [9.17, 15) is 24.0 Å². The number of rotatable bonds is 12. The van der Waals surface area contributed by atoms with Crippen molar-refractivity contribution in [3.63, 3.8) is 0 Å². The largest absolute Gasteiger partial charge is 0.458 e. The van der Waals surface area contributed by atoms with Crippen LogP contribution < -0.4 is 11.0 Å². The van der Waals surface area contributed by atoms with Gasteiger partial charge in [-0.3, -0.25) is 33.7 Å². The molecule has 7 aliphatic rings. The Morgan fingerprint density at radius 3 is 1.42 bits per heavy atom. The summed E-state index contributed by atoms with van der Waals surface area (Å²) < 4.78 is 59.1. The molecule has 7 aliphatic heterocycles. The van der Waals surface area contributed by atoms with Crippen LogP contribution in [-0.4, -0.2) is 133 Å². The van der Waals surface area contributed by atoms with Crippen molar-refractivity contribution in [2.45, 2.75) is 141 Å². The van der Waals surface area contributed by atoms with Gasteiger partial charge in [-0.25, -0.2) is 15.8 Å². The predicted octanol–water partition coefficient (Wildman–Crippen LogP) is 1.13. The number of carbonyl (C=O) groups excluding carboxylic acids is 5. The maximum Gasteiger partial charge on any atom is 0.336 e. The van der Waals surface area contributed by atoms with Crippen LogP contribution in [0.1, 0.15) is 83.0 Å². The van der Waals surface area contributed by atoms with Gasteiger partial charge in [-0.15, -0.1) is 5.06 Å². The lowest BCUT2D eigenvalue weighted by Gasteiger charge is -2.28. The molecule has 0 spiro atoms. The van der Waals surface area contributed by atoms with E-state index < -0.39 is 126 Å². The SMILES string of the molecule is CC(C)(C)OC(=O)[C@H]1O[C@@H]2OC(C)(C)OC2C1CONC(=O)[C@H]1O[C@@H]2OC(C)(C)OC2C1CONC(=O)[C@H]1O[C@@H]2OC(C)(C)OC2C1CON1C(=O)c2ccccc2C1=O. The van der Waals surface area contributed by atoms with Crippen LogP contribution in [0.3, 0.4) is 0 Å². The fraction of sp³-hybridized carbons (Fsp3) is 0.718. The molecule has 0 aromatic heterocycles. The van der Waals surface area contributed by atoms with Crippen molar-refractivity contribution in [1.29, 1.82) is 0 Å². The summed E-state index contributed by atoms with van der Waals surface area (Å²) in [6.45, 7) is 14.5. The van der Waals surface area contributed by atoms with E-state index in [2.05, 4.69) is 11.0 Å². The van der Waals surface area contributed by atoms with Crippen LogP contribution in [-0.2, 0) is 76.3 Å². The highest BCUT2D eigenvalue weighted by atomic mass is 16.9. The summed E-state index contributed by atoms with van der Waals surface area (Å²) in [5, 5.41) is 0.649. The Hall–Kier alpha value is -3.71. The summed E-state index contributed by atoms with van der Waals surface area (Å²) >= 11 is 0. The number of nitrogens with zero attached hydrogens (tertiary/aromatic N) is 1. The minimum atomic E-state index is -1.28. The Kier molecular flexibility index (Phi) is 11.2. The molecule has 7 heterocycles. The van der Waals surface area contributed by atoms with Gasteiger partial charge in [0.25, 0.3) is 23.6 Å². The fourth-order valence-electron chi connectivity index (χ4n) is 8.34. The van der Waals surface area contributed by atoms with E-state index in [0.717, 1.165) is 0 Å². The van der Waals surface area contributed by atoms with Crippen molar-refractivity contribution >= 4 is 29.6 Å². The summed E-state index contributed by atoms with van der Waals surface area (Å²) in [5.74, 6) is -8.94. The van der Waals surface area contributed by atoms with Gasteiger partial charge in [0.15, 0.2) is 42.3 Å². The number of hydrogen-bond acceptors (Lipinski definition) is 18. The molecular weight excluding hydrogens is 798 g/mol. The molecule has 0 bridgehead atoms. The van der Waals surface area contributed by atoms with Gasteiger partial charge in [0.2, 0.25) is 0 Å². The van der Waals surface area contributed by atoms with Gasteiger partial charge >= 0.3 is 5.97 Å². The minimum Gasteiger partial charge on any atom is -0.458 e. The number of nitrogens with one attached hydrogen (secondary N) is 2. The van der Waals surface area contributed by atoms with Crippen LogP contribution in [0.5, 0.6) is 0 Å². The molecule has 6 unspecified atom stereocenters. The van der Waals surface area contributed by atoms with Gasteiger partial charge in [0.05, 0.1) is 48.7 Å². The van der Waals surface area contributed by atoms with Crippen LogP contribution in [0, 0.1) is 17.8 Å². The number of ether oxygens (including phenoxy) is 10. The van der Waals surface area contributed by atoms with E-state index in [1.807, 2.05) is 0 Å². The van der Waals surface area contributed by atoms with E-state index >= 15 is 0 Å². The molecule has 12 atom stereocenters. The summed E-state index contributed by atoms with van der Waals surface area (Å²) in [7, 11) is 0. The first-order valence-electron chi connectivity index (χ1n) is 19.8. The Morgan fingerprint density at radius 2 is 1.00 bits per heavy atom. The molecule has 4 amide bonds. The van der Waals surface area contributed by atoms with Crippen LogP contribution in [0.15, 0.2) is 24.3 Å². The van der Waals surface area contributed by atoms with Crippen molar-refractivity contribution < 1.29 is 85.9 Å². The van der Waals surface area contributed by atoms with Gasteiger partial charge in [-0.05, 0) is 74.4 Å². The normalized spacial score (nSPS) is 36.9. The lowest BCUT2D eigenvalue weighted by Crippen LogP contribution is -2.47. The van der Waals surface area contributed by atoms with E-state index in [4.69, 9.17) is 61.9 Å². The molecule has 0 aliphatic carbocycles. The third-order valence-electron chi connectivity index (χ3n) is 10.7. The first-order valence-corrected chi connectivity index (χ1v) is 19.8. The topological polar surface area (TPSA) is 233 Å². The second-order valence-corrected chi connectivity index (χ2v) is 17.9. The third kappa shape index (κ3) is 8.42. The molecule has 6 saturated heterocycles. The van der Waals surface area contributed by atoms with Gasteiger partial charge in [0, 0.05) is 0 Å². The Balaban J connectivity index is 0.896. The number of esters is 1. The molecule has 21 heteroatoms. The Bertz CT molecular complexity index is 1850. The number of amides is 4. The Morgan fingerprint density at radius 1 is 0.617 bits per heavy atom. The van der Waals surface area contributed by atoms with Crippen molar-refractivity contribution in [1.82, 2.24) is 16.0 Å². The second-order valence-electron chi connectivity index (χ2n) is 17.9. The minimum absolute atomic E-state index is 0.190. The van der Waals surface area contributed by atoms with Gasteiger partial charge in [-0.1, -0.05) is 12.1 Å². The summed E-state index contributed by atoms with van der Waals surface area (Å²) in [6, 6.07) is 6.31. The van der Waals surface area contributed by atoms with Crippen molar-refractivity contribution in [3.05, 3.63) is 35.4 Å². The van der Waals surface area contributed by atoms with Gasteiger partial charge < -0.3 is 47.4 Å². The highest BCUT2D eigenvalue weighted by Crippen LogP contribution is 2.44. The maximum atomic E-state index is 13.7. The standard InChI is InChI=1S/C39H51N3O18/c1-36(2,3)57-32(47)24-20(26-35(53-24)60-38(6,7)55-26)15-49-40-28(43)22-19(25-33(51-22)58-37(4,5)54-25)14-48-41-29(44)23-21(27-34(52-23)59-39(8,9)56-27)16-50-42-30(45)17-12-10-11-13-18(17)31(42)46/h10-13,19-27,33-35H,14-16H2,1-9H3,(H,40,43)(H,41,44)/t19?,20?,21?,22-,23-,24-,25?,26?,27?,33+,34+,35+/m0/s1. The number of imide groups is 1. The first kappa shape index (κ1) is 43.0. The fourth-order valence-corrected chi connectivity index (χ4v) is 8.34. The Labute approximate surface area is 344 Å². The molecule has 60 heavy (non-hydrogen) atoms. The molecule has 0 radical (unpaired) electrons. The lowest BCUT2D eigenvalue weighted by molar-refractivity contribution is -0.223. The van der Waals surface area contributed by atoms with Crippen LogP contribution in [0.4, 0.5) is 0 Å². The van der Waals surface area contributed by atoms with E-state index in [1.54, 1.807) is 74.4 Å². The van der Waals surface area contributed by atoms with Gasteiger partial charge in [-0.2, -0.15) is 0 Å². The quantitative estimate of drug-likeness (QED) is 0.170. The number of fused-ring (bicyclic) bond motifs is 4. The number of carbonyl (C=O) groups is 5. The van der Waals surface area contributed by atoms with Crippen LogP contribution in [0.2, 0.25) is 0 Å². The molecule has 1 aromatic carbocycles. The van der Waals surface area contributed by atoms with Gasteiger partial charge in [0.1, 0.15) is 36.1 Å². The molecule has 21 nitrogen and oxygen atoms in total. The summed E-state index contributed by atoms with van der Waals surface area (Å²) in [4.78, 5) is 83.5. The van der Waals surface area contributed by atoms with Crippen molar-refractivity contribution in [3.8, 4) is 0 Å². The zero-order chi connectivity index (χ0) is 43.1. The lowest BCUT2D eigenvalue weighted by atomic mass is 9.98. The zero-order valence-electron chi connectivity index (χ0n) is 34.7. The number of hydroxylamine groups is 4. The number of benzene rings is 1. The highest BCUT2D eigenvalue weighted by molar-refractivity contribution is 6.20. The zero-order valence-corrected chi connectivity index (χ0v) is 34.7. The van der Waals surface area contributed by atoms with Crippen LogP contribution >= 0.6 is 0 Å². The van der Waals surface area contributed by atoms with Crippen molar-refractivity contribution in [2.75, 3.05) is 19.8 Å². The predicted molar refractivity (Wildman–Crippen MR) is 193 cm³/mol. The number of hydrogen-bond donors (Lipinski definition) is 2. The van der Waals surface area contributed by atoms with Crippen LogP contribution in [0.25, 0.3) is 0 Å². The maximum absolute atomic E-state index is 13.7. The molecule has 330 valence electrons. The molecule has 6 fully saturated rings. The van der Waals surface area contributed by atoms with E-state index in [0.29, 0.717) is 5.06 Å². The average molecular weight is 850 g/mol. The summed E-state index contributed by atoms with van der Waals surface area (Å²) in [5.41, 5.74) is 4.35. The first-order chi connectivity index (χ1) is 28.1. The molecule has 0 saturated carbocycles. The third-order valence-corrected chi connectivity index (χ3v) is 10.7. The summed E-state index contributed by atoms with van der Waals surface area (Å²) in [6.07, 6.45) is -8.76. The average Bonchev–Trinajstić information content (AvgIpc) is 3.98. The van der Waals surface area contributed by atoms with E-state index in [1.165, 1.54) is 12.1 Å². The molecule has 1 aromatic rings. The molecule has 8 rings (SSSR count).